The highest BCUT2D eigenvalue weighted by Gasteiger charge is 2.34. The molecule has 1 atom stereocenters. The van der Waals surface area contributed by atoms with Crippen LogP contribution in [0.1, 0.15) is 12.0 Å². The van der Waals surface area contributed by atoms with Gasteiger partial charge in [-0.3, -0.25) is 9.59 Å². The molecule has 1 aliphatic rings. The summed E-state index contributed by atoms with van der Waals surface area (Å²) in [6.07, 6.45) is 1.33. The molecule has 0 spiro atoms. The lowest BCUT2D eigenvalue weighted by molar-refractivity contribution is -0.128. The highest BCUT2D eigenvalue weighted by Crippen LogP contribution is 2.23. The molecule has 1 unspecified atom stereocenters. The third-order valence-corrected chi connectivity index (χ3v) is 5.53. The molecule has 2 aromatic carbocycles. The van der Waals surface area contributed by atoms with E-state index in [0.29, 0.717) is 24.5 Å². The predicted molar refractivity (Wildman–Crippen MR) is 110 cm³/mol. The van der Waals surface area contributed by atoms with Crippen molar-refractivity contribution in [2.45, 2.75) is 13.0 Å². The molecule has 8 heteroatoms. The molecule has 29 heavy (non-hydrogen) atoms. The molecule has 1 N–H and O–H groups in total. The fourth-order valence-corrected chi connectivity index (χ4v) is 3.51. The van der Waals surface area contributed by atoms with Gasteiger partial charge in [-0.05, 0) is 17.7 Å². The normalized spacial score (nSPS) is 16.7. The minimum Gasteiger partial charge on any atom is -0.492 e. The Balaban J connectivity index is 1.55. The lowest BCUT2D eigenvalue weighted by atomic mass is 10.1. The number of hydrogen-bond acceptors (Lipinski definition) is 5. The summed E-state index contributed by atoms with van der Waals surface area (Å²) in [5, 5.41) is 2.82. The molecule has 0 saturated carbocycles. The Labute approximate surface area is 170 Å². The van der Waals surface area contributed by atoms with Gasteiger partial charge in [0.1, 0.15) is 12.4 Å². The van der Waals surface area contributed by atoms with Gasteiger partial charge in [-0.15, -0.1) is 0 Å². The van der Waals surface area contributed by atoms with E-state index < -0.39 is 15.8 Å². The lowest BCUT2D eigenvalue weighted by Gasteiger charge is -2.17. The van der Waals surface area contributed by atoms with Crippen LogP contribution >= 0.6 is 0 Å². The number of amides is 2. The first-order valence-corrected chi connectivity index (χ1v) is 11.4. The number of hydrogen-bond donors (Lipinski definition) is 1. The minimum absolute atomic E-state index is 0.0353. The average Bonchev–Trinajstić information content (AvgIpc) is 3.02. The minimum atomic E-state index is -3.10. The van der Waals surface area contributed by atoms with Crippen LogP contribution in [0.15, 0.2) is 54.6 Å². The van der Waals surface area contributed by atoms with Gasteiger partial charge in [0.25, 0.3) is 0 Å². The number of anilines is 1. The standard InChI is InChI=1S/C21H24N2O5S/c1-29(26,27)11-10-28-19-9-5-8-18(13-19)22-21(25)17-12-20(24)23(15-17)14-16-6-3-2-4-7-16/h2-9,13,17H,10-12,14-15H2,1H3,(H,22,25). The molecule has 1 aliphatic heterocycles. The Morgan fingerprint density at radius 2 is 1.93 bits per heavy atom. The van der Waals surface area contributed by atoms with Crippen molar-refractivity contribution in [1.29, 1.82) is 0 Å². The number of ether oxygens (including phenoxy) is 1. The van der Waals surface area contributed by atoms with Crippen molar-refractivity contribution >= 4 is 27.3 Å². The summed E-state index contributed by atoms with van der Waals surface area (Å²) in [6.45, 7) is 0.916. The van der Waals surface area contributed by atoms with E-state index in [1.54, 1.807) is 29.2 Å². The molecule has 0 aliphatic carbocycles. The maximum Gasteiger partial charge on any atom is 0.229 e. The number of sulfone groups is 1. The first-order valence-electron chi connectivity index (χ1n) is 9.33. The third kappa shape index (κ3) is 6.32. The molecule has 0 bridgehead atoms. The van der Waals surface area contributed by atoms with Crippen LogP contribution in [-0.4, -0.2) is 50.3 Å². The molecule has 7 nitrogen and oxygen atoms in total. The van der Waals surface area contributed by atoms with Crippen LogP contribution in [0.3, 0.4) is 0 Å². The molecule has 0 aromatic heterocycles. The average molecular weight is 416 g/mol. The summed E-state index contributed by atoms with van der Waals surface area (Å²) in [5.74, 6) is -0.278. The Kier molecular flexibility index (Phi) is 6.53. The van der Waals surface area contributed by atoms with Crippen LogP contribution in [0.25, 0.3) is 0 Å². The molecular formula is C21H24N2O5S. The van der Waals surface area contributed by atoms with Crippen molar-refractivity contribution in [2.75, 3.05) is 30.5 Å². The first kappa shape index (κ1) is 20.9. The number of nitrogens with one attached hydrogen (secondary N) is 1. The first-order chi connectivity index (χ1) is 13.8. The van der Waals surface area contributed by atoms with Crippen LogP contribution in [0.2, 0.25) is 0 Å². The summed E-state index contributed by atoms with van der Waals surface area (Å²) in [7, 11) is -3.10. The number of carbonyl (C=O) groups excluding carboxylic acids is 2. The molecule has 1 fully saturated rings. The Bertz CT molecular complexity index is 976. The quantitative estimate of drug-likeness (QED) is 0.711. The van der Waals surface area contributed by atoms with Gasteiger partial charge in [0, 0.05) is 37.5 Å². The zero-order chi connectivity index (χ0) is 20.9. The van der Waals surface area contributed by atoms with Gasteiger partial charge < -0.3 is 15.0 Å². The van der Waals surface area contributed by atoms with E-state index in [1.807, 2.05) is 30.3 Å². The van der Waals surface area contributed by atoms with Gasteiger partial charge >= 0.3 is 0 Å². The third-order valence-electron chi connectivity index (χ3n) is 4.63. The van der Waals surface area contributed by atoms with Crippen LogP contribution in [0.4, 0.5) is 5.69 Å². The van der Waals surface area contributed by atoms with Gasteiger partial charge in [0.05, 0.1) is 11.7 Å². The highest BCUT2D eigenvalue weighted by molar-refractivity contribution is 7.90. The smallest absolute Gasteiger partial charge is 0.229 e. The Hall–Kier alpha value is -2.87. The number of carbonyl (C=O) groups is 2. The maximum absolute atomic E-state index is 12.6. The topological polar surface area (TPSA) is 92.8 Å². The van der Waals surface area contributed by atoms with Crippen molar-refractivity contribution < 1.29 is 22.7 Å². The highest BCUT2D eigenvalue weighted by atomic mass is 32.2. The van der Waals surface area contributed by atoms with E-state index in [0.717, 1.165) is 11.8 Å². The van der Waals surface area contributed by atoms with E-state index >= 15 is 0 Å². The lowest BCUT2D eigenvalue weighted by Crippen LogP contribution is -2.28. The van der Waals surface area contributed by atoms with Gasteiger partial charge in [0.15, 0.2) is 9.84 Å². The molecule has 2 amide bonds. The summed E-state index contributed by atoms with van der Waals surface area (Å²) < 4.78 is 27.8. The zero-order valence-electron chi connectivity index (χ0n) is 16.2. The van der Waals surface area contributed by atoms with Gasteiger partial charge in [-0.25, -0.2) is 8.42 Å². The monoisotopic (exact) mass is 416 g/mol. The Morgan fingerprint density at radius 1 is 1.17 bits per heavy atom. The van der Waals surface area contributed by atoms with E-state index in [4.69, 9.17) is 4.74 Å². The zero-order valence-corrected chi connectivity index (χ0v) is 17.0. The number of likely N-dealkylation sites (tertiary alicyclic amines) is 1. The summed E-state index contributed by atoms with van der Waals surface area (Å²) in [5.41, 5.74) is 1.57. The van der Waals surface area contributed by atoms with Crippen molar-refractivity contribution in [3.05, 3.63) is 60.2 Å². The number of rotatable bonds is 8. The van der Waals surface area contributed by atoms with E-state index in [2.05, 4.69) is 5.32 Å². The van der Waals surface area contributed by atoms with Crippen molar-refractivity contribution in [2.24, 2.45) is 5.92 Å². The maximum atomic E-state index is 12.6. The fourth-order valence-electron chi connectivity index (χ4n) is 3.12. The van der Waals surface area contributed by atoms with E-state index in [1.165, 1.54) is 0 Å². The van der Waals surface area contributed by atoms with Gasteiger partial charge in [0.2, 0.25) is 11.8 Å². The molecule has 154 valence electrons. The van der Waals surface area contributed by atoms with Crippen LogP contribution in [0, 0.1) is 5.92 Å². The SMILES string of the molecule is CS(=O)(=O)CCOc1cccc(NC(=O)C2CC(=O)N(Cc3ccccc3)C2)c1. The molecule has 3 rings (SSSR count). The fraction of sp³-hybridized carbons (Fsp3) is 0.333. The van der Waals surface area contributed by atoms with Crippen LogP contribution in [-0.2, 0) is 26.0 Å². The molecule has 1 heterocycles. The van der Waals surface area contributed by atoms with E-state index in [-0.39, 0.29) is 30.6 Å². The largest absolute Gasteiger partial charge is 0.492 e. The number of nitrogens with zero attached hydrogens (tertiary/aromatic N) is 1. The molecule has 2 aromatic rings. The predicted octanol–water partition coefficient (Wildman–Crippen LogP) is 2.10. The van der Waals surface area contributed by atoms with Gasteiger partial charge in [-0.2, -0.15) is 0 Å². The summed E-state index contributed by atoms with van der Waals surface area (Å²) in [4.78, 5) is 26.6. The summed E-state index contributed by atoms with van der Waals surface area (Å²) in [6, 6.07) is 16.4. The Morgan fingerprint density at radius 3 is 2.66 bits per heavy atom. The van der Waals surface area contributed by atoms with Crippen LogP contribution in [0.5, 0.6) is 5.75 Å². The second-order valence-electron chi connectivity index (χ2n) is 7.16. The van der Waals surface area contributed by atoms with Crippen molar-refractivity contribution in [3.63, 3.8) is 0 Å². The molecular weight excluding hydrogens is 392 g/mol. The molecule has 0 radical (unpaired) electrons. The number of benzene rings is 2. The second kappa shape index (κ2) is 9.09. The second-order valence-corrected chi connectivity index (χ2v) is 9.42. The molecule has 1 saturated heterocycles. The van der Waals surface area contributed by atoms with Crippen molar-refractivity contribution in [1.82, 2.24) is 4.90 Å². The van der Waals surface area contributed by atoms with Gasteiger partial charge in [-0.1, -0.05) is 36.4 Å². The summed E-state index contributed by atoms with van der Waals surface area (Å²) >= 11 is 0. The van der Waals surface area contributed by atoms with Crippen LogP contribution < -0.4 is 10.1 Å². The van der Waals surface area contributed by atoms with E-state index in [9.17, 15) is 18.0 Å². The van der Waals surface area contributed by atoms with Crippen molar-refractivity contribution in [3.8, 4) is 5.75 Å².